The standard InChI is InChI=1S/C31H34O5/c1-19-11-16-27-20(2)28(33-29-31(27)26(19)17-18-30(3,34-29)35-36-31)32-23-14-12-22(13-15-23)25-10-6-8-21-7-4-5-9-24(21)25/h4-10,12-15,19-20,26-29H,11,16-18H2,1-3H3/t19-,20-,26+,27+,28+,29-,30-,31-/m1/s1. The largest absolute Gasteiger partial charge is 0.465 e. The van der Waals surface area contributed by atoms with Crippen molar-refractivity contribution in [1.82, 2.24) is 0 Å². The molecule has 4 saturated heterocycles. The van der Waals surface area contributed by atoms with Crippen LogP contribution >= 0.6 is 0 Å². The maximum Gasteiger partial charge on any atom is 0.205 e. The van der Waals surface area contributed by atoms with Gasteiger partial charge in [-0.1, -0.05) is 68.4 Å². The molecular formula is C31H34O5. The first-order valence-electron chi connectivity index (χ1n) is 13.4. The maximum atomic E-state index is 6.58. The zero-order valence-electron chi connectivity index (χ0n) is 21.2. The number of benzene rings is 3. The average molecular weight is 487 g/mol. The molecular weight excluding hydrogens is 452 g/mol. The Hall–Kier alpha value is -2.44. The van der Waals surface area contributed by atoms with Crippen molar-refractivity contribution < 1.29 is 24.0 Å². The Morgan fingerprint density at radius 1 is 0.833 bits per heavy atom. The SMILES string of the molecule is C[C@H]1[C@@H](Oc2ccc(-c3cccc4ccccc34)cc2)O[C@@H]2O[C@@]3(C)CC[C@H]4[C@H](C)CC[C@@H]1[C@@]24OO3. The van der Waals surface area contributed by atoms with Crippen LogP contribution in [0.1, 0.15) is 46.5 Å². The Labute approximate surface area is 212 Å². The molecule has 5 heteroatoms. The molecule has 0 amide bonds. The Kier molecular flexibility index (Phi) is 5.23. The third kappa shape index (κ3) is 3.37. The van der Waals surface area contributed by atoms with Crippen molar-refractivity contribution in [2.75, 3.05) is 0 Å². The zero-order valence-corrected chi connectivity index (χ0v) is 21.2. The van der Waals surface area contributed by atoms with Gasteiger partial charge in [-0.05, 0) is 72.1 Å². The number of fused-ring (bicyclic) bond motifs is 3. The summed E-state index contributed by atoms with van der Waals surface area (Å²) in [6.07, 6.45) is 3.18. The van der Waals surface area contributed by atoms with Crippen LogP contribution in [-0.2, 0) is 19.2 Å². The van der Waals surface area contributed by atoms with E-state index in [0.717, 1.165) is 25.0 Å². The lowest BCUT2D eigenvalue weighted by molar-refractivity contribution is -0.575. The van der Waals surface area contributed by atoms with Gasteiger partial charge in [-0.2, -0.15) is 0 Å². The topological polar surface area (TPSA) is 46.2 Å². The molecule has 188 valence electrons. The van der Waals surface area contributed by atoms with E-state index in [-0.39, 0.29) is 11.8 Å². The van der Waals surface area contributed by atoms with E-state index in [0.29, 0.717) is 11.8 Å². The smallest absolute Gasteiger partial charge is 0.205 e. The molecule has 4 heterocycles. The molecule has 4 aliphatic heterocycles. The highest BCUT2D eigenvalue weighted by Crippen LogP contribution is 2.60. The first-order chi connectivity index (χ1) is 17.5. The summed E-state index contributed by atoms with van der Waals surface area (Å²) in [5, 5.41) is 2.49. The summed E-state index contributed by atoms with van der Waals surface area (Å²) < 4.78 is 19.5. The van der Waals surface area contributed by atoms with E-state index in [1.54, 1.807) is 0 Å². The third-order valence-corrected chi connectivity index (χ3v) is 9.30. The normalized spacial score (nSPS) is 39.4. The molecule has 5 fully saturated rings. The summed E-state index contributed by atoms with van der Waals surface area (Å²) in [6, 6.07) is 23.3. The van der Waals surface area contributed by atoms with Gasteiger partial charge in [0.1, 0.15) is 5.75 Å². The van der Waals surface area contributed by atoms with Crippen molar-refractivity contribution in [3.8, 4) is 16.9 Å². The van der Waals surface area contributed by atoms with Gasteiger partial charge in [0.2, 0.25) is 12.1 Å². The fourth-order valence-electron chi connectivity index (χ4n) is 7.33. The van der Waals surface area contributed by atoms with Crippen LogP contribution < -0.4 is 4.74 Å². The first-order valence-corrected chi connectivity index (χ1v) is 13.4. The lowest BCUT2D eigenvalue weighted by Gasteiger charge is -2.60. The minimum atomic E-state index is -0.775. The van der Waals surface area contributed by atoms with E-state index in [2.05, 4.69) is 68.4 Å². The lowest BCUT2D eigenvalue weighted by atomic mass is 9.58. The predicted molar refractivity (Wildman–Crippen MR) is 137 cm³/mol. The molecule has 0 radical (unpaired) electrons. The zero-order chi connectivity index (χ0) is 24.5. The molecule has 0 N–H and O–H groups in total. The highest BCUT2D eigenvalue weighted by molar-refractivity contribution is 5.96. The fraction of sp³-hybridized carbons (Fsp3) is 0.484. The van der Waals surface area contributed by atoms with E-state index < -0.39 is 24.0 Å². The second-order valence-electron chi connectivity index (χ2n) is 11.4. The molecule has 3 aromatic carbocycles. The Morgan fingerprint density at radius 3 is 2.50 bits per heavy atom. The first kappa shape index (κ1) is 22.7. The van der Waals surface area contributed by atoms with Gasteiger partial charge in [-0.25, -0.2) is 9.78 Å². The van der Waals surface area contributed by atoms with Gasteiger partial charge in [0.25, 0.3) is 0 Å². The minimum Gasteiger partial charge on any atom is -0.465 e. The molecule has 5 nitrogen and oxygen atoms in total. The Balaban J connectivity index is 1.16. The van der Waals surface area contributed by atoms with Crippen molar-refractivity contribution in [3.63, 3.8) is 0 Å². The Morgan fingerprint density at radius 2 is 1.64 bits per heavy atom. The molecule has 1 spiro atoms. The van der Waals surface area contributed by atoms with Crippen LogP contribution in [0.2, 0.25) is 0 Å². The van der Waals surface area contributed by atoms with E-state index in [4.69, 9.17) is 24.0 Å². The second-order valence-corrected chi connectivity index (χ2v) is 11.4. The lowest BCUT2D eigenvalue weighted by Crippen LogP contribution is -2.70. The van der Waals surface area contributed by atoms with Crippen molar-refractivity contribution >= 4 is 10.8 Å². The fourth-order valence-corrected chi connectivity index (χ4v) is 7.33. The third-order valence-electron chi connectivity index (χ3n) is 9.30. The minimum absolute atomic E-state index is 0.142. The summed E-state index contributed by atoms with van der Waals surface area (Å²) in [5.74, 6) is 1.32. The number of hydrogen-bond acceptors (Lipinski definition) is 5. The highest BCUT2D eigenvalue weighted by Gasteiger charge is 2.69. The monoisotopic (exact) mass is 486 g/mol. The van der Waals surface area contributed by atoms with Gasteiger partial charge < -0.3 is 14.2 Å². The van der Waals surface area contributed by atoms with Crippen LogP contribution in [0.15, 0.2) is 66.7 Å². The average Bonchev–Trinajstić information content (AvgIpc) is 3.13. The second kappa shape index (κ2) is 8.29. The summed E-state index contributed by atoms with van der Waals surface area (Å²) in [4.78, 5) is 12.2. The molecule has 8 rings (SSSR count). The molecule has 36 heavy (non-hydrogen) atoms. The molecule has 1 saturated carbocycles. The summed E-state index contributed by atoms with van der Waals surface area (Å²) >= 11 is 0. The predicted octanol–water partition coefficient (Wildman–Crippen LogP) is 7.09. The molecule has 2 bridgehead atoms. The summed E-state index contributed by atoms with van der Waals surface area (Å²) in [7, 11) is 0. The maximum absolute atomic E-state index is 6.58. The molecule has 3 aromatic rings. The van der Waals surface area contributed by atoms with E-state index >= 15 is 0 Å². The highest BCUT2D eigenvalue weighted by atomic mass is 17.3. The van der Waals surface area contributed by atoms with E-state index in [1.807, 2.05) is 19.1 Å². The van der Waals surface area contributed by atoms with Crippen LogP contribution in [0.4, 0.5) is 0 Å². The van der Waals surface area contributed by atoms with Crippen molar-refractivity contribution in [1.29, 1.82) is 0 Å². The molecule has 1 aliphatic carbocycles. The quantitative estimate of drug-likeness (QED) is 0.370. The van der Waals surface area contributed by atoms with Crippen LogP contribution in [0.25, 0.3) is 21.9 Å². The molecule has 0 unspecified atom stereocenters. The summed E-state index contributed by atoms with van der Waals surface area (Å²) in [5.41, 5.74) is 1.83. The van der Waals surface area contributed by atoms with Gasteiger partial charge in [0, 0.05) is 18.3 Å². The van der Waals surface area contributed by atoms with E-state index in [1.165, 1.54) is 28.3 Å². The van der Waals surface area contributed by atoms with Crippen LogP contribution in [0.3, 0.4) is 0 Å². The molecule has 5 aliphatic rings. The Bertz CT molecular complexity index is 1270. The number of rotatable bonds is 3. The van der Waals surface area contributed by atoms with Gasteiger partial charge in [-0.15, -0.1) is 0 Å². The molecule has 0 aromatic heterocycles. The van der Waals surface area contributed by atoms with Gasteiger partial charge >= 0.3 is 0 Å². The summed E-state index contributed by atoms with van der Waals surface area (Å²) in [6.45, 7) is 6.52. The van der Waals surface area contributed by atoms with Gasteiger partial charge in [0.05, 0.1) is 0 Å². The van der Waals surface area contributed by atoms with Gasteiger partial charge in [-0.3, -0.25) is 0 Å². The number of ether oxygens (including phenoxy) is 3. The van der Waals surface area contributed by atoms with Crippen LogP contribution in [0.5, 0.6) is 5.75 Å². The van der Waals surface area contributed by atoms with E-state index in [9.17, 15) is 0 Å². The van der Waals surface area contributed by atoms with Gasteiger partial charge in [0.15, 0.2) is 11.9 Å². The van der Waals surface area contributed by atoms with Crippen molar-refractivity contribution in [2.45, 2.75) is 70.4 Å². The van der Waals surface area contributed by atoms with Crippen LogP contribution in [0, 0.1) is 23.7 Å². The number of hydrogen-bond donors (Lipinski definition) is 0. The molecule has 8 atom stereocenters. The van der Waals surface area contributed by atoms with Crippen molar-refractivity contribution in [2.24, 2.45) is 23.7 Å². The van der Waals surface area contributed by atoms with Crippen molar-refractivity contribution in [3.05, 3.63) is 66.7 Å². The van der Waals surface area contributed by atoms with Crippen LogP contribution in [-0.4, -0.2) is 24.0 Å².